The molecule has 4 unspecified atom stereocenters. The summed E-state index contributed by atoms with van der Waals surface area (Å²) >= 11 is 0. The molecule has 1 aliphatic rings. The molecule has 0 spiro atoms. The molecule has 0 aromatic heterocycles. The first-order valence-electron chi connectivity index (χ1n) is 8.25. The maximum absolute atomic E-state index is 14.1. The van der Waals surface area contributed by atoms with E-state index in [1.165, 1.54) is 19.3 Å². The van der Waals surface area contributed by atoms with Crippen molar-refractivity contribution in [2.24, 2.45) is 5.92 Å². The summed E-state index contributed by atoms with van der Waals surface area (Å²) in [5, 5.41) is 3.31. The summed E-state index contributed by atoms with van der Waals surface area (Å²) in [5.74, 6) is 0.270. The number of rotatable bonds is 6. The maximum Gasteiger partial charge on any atom is 0.127 e. The van der Waals surface area contributed by atoms with Gasteiger partial charge in [0.05, 0.1) is 0 Å². The summed E-state index contributed by atoms with van der Waals surface area (Å²) in [7, 11) is 1.93. The van der Waals surface area contributed by atoms with Crippen LogP contribution >= 0.6 is 0 Å². The van der Waals surface area contributed by atoms with Crippen LogP contribution in [0.15, 0.2) is 24.3 Å². The molecular formula is C18H29FN2. The molecule has 1 aromatic rings. The summed E-state index contributed by atoms with van der Waals surface area (Å²) in [5.41, 5.74) is 0.785. The molecule has 1 fully saturated rings. The van der Waals surface area contributed by atoms with Crippen LogP contribution in [0.5, 0.6) is 0 Å². The van der Waals surface area contributed by atoms with Gasteiger partial charge in [0.2, 0.25) is 0 Å². The zero-order valence-electron chi connectivity index (χ0n) is 13.8. The zero-order chi connectivity index (χ0) is 15.4. The second kappa shape index (κ2) is 7.37. The Morgan fingerprint density at radius 3 is 2.67 bits per heavy atom. The number of hydrogen-bond donors (Lipinski definition) is 1. The number of benzene rings is 1. The van der Waals surface area contributed by atoms with Crippen LogP contribution < -0.4 is 5.32 Å². The molecule has 1 aliphatic heterocycles. The third-order valence-electron chi connectivity index (χ3n) is 5.04. The lowest BCUT2D eigenvalue weighted by atomic mass is 9.93. The molecule has 2 rings (SSSR count). The van der Waals surface area contributed by atoms with Crippen molar-refractivity contribution in [1.82, 2.24) is 10.2 Å². The van der Waals surface area contributed by atoms with Crippen LogP contribution in [0.2, 0.25) is 0 Å². The van der Waals surface area contributed by atoms with E-state index < -0.39 is 0 Å². The summed E-state index contributed by atoms with van der Waals surface area (Å²) in [6.07, 6.45) is 3.80. The lowest BCUT2D eigenvalue weighted by Gasteiger charge is -2.34. The van der Waals surface area contributed by atoms with Gasteiger partial charge in [-0.05, 0) is 45.2 Å². The van der Waals surface area contributed by atoms with E-state index in [0.717, 1.165) is 12.1 Å². The molecule has 0 amide bonds. The van der Waals surface area contributed by atoms with Crippen LogP contribution in [-0.4, -0.2) is 30.6 Å². The second-order valence-corrected chi connectivity index (χ2v) is 6.45. The van der Waals surface area contributed by atoms with E-state index in [1.54, 1.807) is 12.1 Å². The predicted molar refractivity (Wildman–Crippen MR) is 86.8 cm³/mol. The van der Waals surface area contributed by atoms with Crippen LogP contribution in [0.1, 0.15) is 51.6 Å². The SMILES string of the molecule is CCC1CCC(C)N1CC(C)C(NC)c1ccccc1F. The van der Waals surface area contributed by atoms with E-state index in [2.05, 4.69) is 31.0 Å². The molecule has 0 bridgehead atoms. The highest BCUT2D eigenvalue weighted by Gasteiger charge is 2.32. The van der Waals surface area contributed by atoms with Gasteiger partial charge in [-0.15, -0.1) is 0 Å². The minimum atomic E-state index is -0.106. The van der Waals surface area contributed by atoms with Crippen molar-refractivity contribution in [3.63, 3.8) is 0 Å². The standard InChI is InChI=1S/C18H29FN2/c1-5-15-11-10-14(3)21(15)12-13(2)18(20-4)16-8-6-7-9-17(16)19/h6-9,13-15,18,20H,5,10-12H2,1-4H3. The Morgan fingerprint density at radius 2 is 2.05 bits per heavy atom. The first-order valence-corrected chi connectivity index (χ1v) is 8.25. The van der Waals surface area contributed by atoms with Crippen molar-refractivity contribution in [3.8, 4) is 0 Å². The Labute approximate surface area is 128 Å². The highest BCUT2D eigenvalue weighted by atomic mass is 19.1. The first kappa shape index (κ1) is 16.4. The van der Waals surface area contributed by atoms with E-state index in [1.807, 2.05) is 19.2 Å². The smallest absolute Gasteiger partial charge is 0.127 e. The number of nitrogens with one attached hydrogen (secondary N) is 1. The quantitative estimate of drug-likeness (QED) is 0.853. The molecule has 4 atom stereocenters. The Balaban J connectivity index is 2.10. The number of likely N-dealkylation sites (tertiary alicyclic amines) is 1. The summed E-state index contributed by atoms with van der Waals surface area (Å²) in [4.78, 5) is 2.62. The minimum absolute atomic E-state index is 0.0662. The van der Waals surface area contributed by atoms with E-state index >= 15 is 0 Å². The number of hydrogen-bond acceptors (Lipinski definition) is 2. The van der Waals surface area contributed by atoms with Crippen LogP contribution in [-0.2, 0) is 0 Å². The van der Waals surface area contributed by atoms with Gasteiger partial charge in [0.15, 0.2) is 0 Å². The maximum atomic E-state index is 14.1. The van der Waals surface area contributed by atoms with Gasteiger partial charge in [0.1, 0.15) is 5.82 Å². The van der Waals surface area contributed by atoms with Crippen LogP contribution in [0, 0.1) is 11.7 Å². The highest BCUT2D eigenvalue weighted by Crippen LogP contribution is 2.31. The van der Waals surface area contributed by atoms with E-state index in [4.69, 9.17) is 0 Å². The number of nitrogens with zero attached hydrogens (tertiary/aromatic N) is 1. The molecule has 2 nitrogen and oxygen atoms in total. The Morgan fingerprint density at radius 1 is 1.33 bits per heavy atom. The summed E-state index contributed by atoms with van der Waals surface area (Å²) in [6.45, 7) is 7.84. The van der Waals surface area contributed by atoms with Crippen molar-refractivity contribution in [3.05, 3.63) is 35.6 Å². The highest BCUT2D eigenvalue weighted by molar-refractivity contribution is 5.22. The third kappa shape index (κ3) is 3.64. The van der Waals surface area contributed by atoms with Crippen molar-refractivity contribution < 1.29 is 4.39 Å². The Kier molecular flexibility index (Phi) is 5.77. The normalized spacial score (nSPS) is 26.0. The molecule has 0 radical (unpaired) electrons. The topological polar surface area (TPSA) is 15.3 Å². The third-order valence-corrected chi connectivity index (χ3v) is 5.04. The fourth-order valence-electron chi connectivity index (χ4n) is 3.80. The fourth-order valence-corrected chi connectivity index (χ4v) is 3.80. The average molecular weight is 292 g/mol. The second-order valence-electron chi connectivity index (χ2n) is 6.45. The van der Waals surface area contributed by atoms with Crippen molar-refractivity contribution in [2.45, 2.75) is 58.2 Å². The largest absolute Gasteiger partial charge is 0.313 e. The predicted octanol–water partition coefficient (Wildman–Crippen LogP) is 3.99. The van der Waals surface area contributed by atoms with E-state index in [0.29, 0.717) is 18.0 Å². The van der Waals surface area contributed by atoms with Gasteiger partial charge < -0.3 is 5.32 Å². The molecule has 1 aromatic carbocycles. The Hall–Kier alpha value is -0.930. The zero-order valence-corrected chi connectivity index (χ0v) is 13.8. The number of halogens is 1. The molecule has 1 saturated heterocycles. The van der Waals surface area contributed by atoms with Gasteiger partial charge in [0.25, 0.3) is 0 Å². The van der Waals surface area contributed by atoms with Gasteiger partial charge >= 0.3 is 0 Å². The Bertz CT molecular complexity index is 449. The minimum Gasteiger partial charge on any atom is -0.313 e. The molecule has 118 valence electrons. The molecular weight excluding hydrogens is 263 g/mol. The van der Waals surface area contributed by atoms with E-state index in [9.17, 15) is 4.39 Å². The lowest BCUT2D eigenvalue weighted by Crippen LogP contribution is -2.40. The van der Waals surface area contributed by atoms with Gasteiger partial charge in [-0.1, -0.05) is 32.0 Å². The summed E-state index contributed by atoms with van der Waals surface area (Å²) in [6, 6.07) is 8.54. The lowest BCUT2D eigenvalue weighted by molar-refractivity contribution is 0.156. The molecule has 0 aliphatic carbocycles. The van der Waals surface area contributed by atoms with Crippen molar-refractivity contribution in [2.75, 3.05) is 13.6 Å². The summed E-state index contributed by atoms with van der Waals surface area (Å²) < 4.78 is 14.1. The monoisotopic (exact) mass is 292 g/mol. The fraction of sp³-hybridized carbons (Fsp3) is 0.667. The molecule has 1 N–H and O–H groups in total. The molecule has 21 heavy (non-hydrogen) atoms. The van der Waals surface area contributed by atoms with Gasteiger partial charge in [-0.3, -0.25) is 4.90 Å². The van der Waals surface area contributed by atoms with Gasteiger partial charge in [-0.25, -0.2) is 4.39 Å². The van der Waals surface area contributed by atoms with E-state index in [-0.39, 0.29) is 11.9 Å². The average Bonchev–Trinajstić information content (AvgIpc) is 2.82. The van der Waals surface area contributed by atoms with Crippen molar-refractivity contribution in [1.29, 1.82) is 0 Å². The van der Waals surface area contributed by atoms with Gasteiger partial charge in [0, 0.05) is 30.2 Å². The van der Waals surface area contributed by atoms with Crippen LogP contribution in [0.3, 0.4) is 0 Å². The van der Waals surface area contributed by atoms with Gasteiger partial charge in [-0.2, -0.15) is 0 Å². The first-order chi connectivity index (χ1) is 10.1. The van der Waals surface area contributed by atoms with Crippen molar-refractivity contribution >= 4 is 0 Å². The van der Waals surface area contributed by atoms with Crippen LogP contribution in [0.25, 0.3) is 0 Å². The molecule has 3 heteroatoms. The molecule has 0 saturated carbocycles. The molecule has 1 heterocycles. The van der Waals surface area contributed by atoms with Crippen LogP contribution in [0.4, 0.5) is 4.39 Å².